The quantitative estimate of drug-likeness (QED) is 0.883. The summed E-state index contributed by atoms with van der Waals surface area (Å²) >= 11 is 6.14. The second-order valence-electron chi connectivity index (χ2n) is 6.52. The summed E-state index contributed by atoms with van der Waals surface area (Å²) in [4.78, 5) is 14.9. The fourth-order valence-electron chi connectivity index (χ4n) is 3.31. The molecule has 0 aliphatic carbocycles. The average molecular weight is 308 g/mol. The Morgan fingerprint density at radius 3 is 2.67 bits per heavy atom. The molecule has 0 aromatic heterocycles. The topological polar surface area (TPSA) is 44.4 Å². The number of carbonyl (C=O) groups excluding carboxylic acids is 1. The Hall–Kier alpha value is -1.26. The average Bonchev–Trinajstić information content (AvgIpc) is 2.41. The maximum absolute atomic E-state index is 12.4. The van der Waals surface area contributed by atoms with Crippen LogP contribution in [0.15, 0.2) is 18.2 Å². The standard InChI is InChI=1S/C16H22ClN3O/c1-11(2)10-20-8-6-16(7-9-20)18-13-5-3-4-12(17)14(13)15(21)19-16/h3-5,11,18H,6-10H2,1-2H3,(H,19,21). The predicted molar refractivity (Wildman–Crippen MR) is 85.8 cm³/mol. The van der Waals surface area contributed by atoms with E-state index in [1.165, 1.54) is 0 Å². The molecule has 1 amide bonds. The number of halogens is 1. The van der Waals surface area contributed by atoms with Gasteiger partial charge in [-0.1, -0.05) is 31.5 Å². The van der Waals surface area contributed by atoms with Gasteiger partial charge in [0.25, 0.3) is 5.91 Å². The summed E-state index contributed by atoms with van der Waals surface area (Å²) in [6, 6.07) is 5.57. The number of hydrogen-bond donors (Lipinski definition) is 2. The van der Waals surface area contributed by atoms with Crippen molar-refractivity contribution in [3.63, 3.8) is 0 Å². The molecular weight excluding hydrogens is 286 g/mol. The Morgan fingerprint density at radius 1 is 1.29 bits per heavy atom. The van der Waals surface area contributed by atoms with Crippen LogP contribution in [0.25, 0.3) is 0 Å². The maximum atomic E-state index is 12.4. The molecule has 1 fully saturated rings. The molecular formula is C16H22ClN3O. The third-order valence-corrected chi connectivity index (χ3v) is 4.62. The molecule has 5 heteroatoms. The van der Waals surface area contributed by atoms with Crippen LogP contribution < -0.4 is 10.6 Å². The molecule has 1 aromatic carbocycles. The lowest BCUT2D eigenvalue weighted by Crippen LogP contribution is -2.62. The summed E-state index contributed by atoms with van der Waals surface area (Å²) < 4.78 is 0. The van der Waals surface area contributed by atoms with E-state index in [1.54, 1.807) is 6.07 Å². The Bertz CT molecular complexity index is 550. The van der Waals surface area contributed by atoms with E-state index >= 15 is 0 Å². The highest BCUT2D eigenvalue weighted by Crippen LogP contribution is 2.34. The van der Waals surface area contributed by atoms with Crippen LogP contribution in [0, 0.1) is 5.92 Å². The molecule has 1 saturated heterocycles. The Labute approximate surface area is 130 Å². The summed E-state index contributed by atoms with van der Waals surface area (Å²) in [5.74, 6) is 0.610. The van der Waals surface area contributed by atoms with Gasteiger partial charge in [-0.2, -0.15) is 0 Å². The van der Waals surface area contributed by atoms with Crippen molar-refractivity contribution in [3.8, 4) is 0 Å². The molecule has 2 N–H and O–H groups in total. The summed E-state index contributed by atoms with van der Waals surface area (Å²) in [6.07, 6.45) is 1.83. The molecule has 0 bridgehead atoms. The van der Waals surface area contributed by atoms with E-state index in [4.69, 9.17) is 11.6 Å². The van der Waals surface area contributed by atoms with Crippen molar-refractivity contribution in [1.82, 2.24) is 10.2 Å². The van der Waals surface area contributed by atoms with Crippen molar-refractivity contribution in [2.75, 3.05) is 25.0 Å². The van der Waals surface area contributed by atoms with Crippen molar-refractivity contribution in [1.29, 1.82) is 0 Å². The largest absolute Gasteiger partial charge is 0.362 e. The van der Waals surface area contributed by atoms with Crippen LogP contribution in [0.3, 0.4) is 0 Å². The third-order valence-electron chi connectivity index (χ3n) is 4.30. The minimum absolute atomic E-state index is 0.0633. The van der Waals surface area contributed by atoms with E-state index in [-0.39, 0.29) is 11.6 Å². The number of hydrogen-bond acceptors (Lipinski definition) is 3. The Balaban J connectivity index is 1.76. The van der Waals surface area contributed by atoms with Gasteiger partial charge in [-0.05, 0) is 18.1 Å². The predicted octanol–water partition coefficient (Wildman–Crippen LogP) is 2.94. The molecule has 114 valence electrons. The summed E-state index contributed by atoms with van der Waals surface area (Å²) in [6.45, 7) is 7.60. The van der Waals surface area contributed by atoms with Crippen molar-refractivity contribution in [3.05, 3.63) is 28.8 Å². The normalized spacial score (nSPS) is 21.0. The van der Waals surface area contributed by atoms with Crippen LogP contribution in [-0.2, 0) is 0 Å². The summed E-state index contributed by atoms with van der Waals surface area (Å²) in [5.41, 5.74) is 1.10. The molecule has 2 aliphatic heterocycles. The maximum Gasteiger partial charge on any atom is 0.256 e. The lowest BCUT2D eigenvalue weighted by atomic mass is 9.92. The van der Waals surface area contributed by atoms with E-state index in [9.17, 15) is 4.79 Å². The minimum atomic E-state index is -0.317. The molecule has 0 saturated carbocycles. The van der Waals surface area contributed by atoms with Gasteiger partial charge in [0.15, 0.2) is 0 Å². The first-order valence-electron chi connectivity index (χ1n) is 7.61. The molecule has 1 aromatic rings. The first-order valence-corrected chi connectivity index (χ1v) is 7.98. The highest BCUT2D eigenvalue weighted by atomic mass is 35.5. The fourth-order valence-corrected chi connectivity index (χ4v) is 3.57. The minimum Gasteiger partial charge on any atom is -0.362 e. The van der Waals surface area contributed by atoms with E-state index in [2.05, 4.69) is 29.4 Å². The van der Waals surface area contributed by atoms with Gasteiger partial charge in [-0.3, -0.25) is 4.79 Å². The number of nitrogens with one attached hydrogen (secondary N) is 2. The number of likely N-dealkylation sites (tertiary alicyclic amines) is 1. The fraction of sp³-hybridized carbons (Fsp3) is 0.562. The molecule has 4 nitrogen and oxygen atoms in total. The number of amides is 1. The van der Waals surface area contributed by atoms with E-state index in [1.807, 2.05) is 12.1 Å². The molecule has 21 heavy (non-hydrogen) atoms. The number of rotatable bonds is 2. The lowest BCUT2D eigenvalue weighted by Gasteiger charge is -2.46. The highest BCUT2D eigenvalue weighted by Gasteiger charge is 2.40. The van der Waals surface area contributed by atoms with Gasteiger partial charge in [0.05, 0.1) is 16.3 Å². The van der Waals surface area contributed by atoms with Crippen molar-refractivity contribution in [2.24, 2.45) is 5.92 Å². The first-order chi connectivity index (χ1) is 9.99. The SMILES string of the molecule is CC(C)CN1CCC2(CC1)NC(=O)c1c(Cl)cccc1N2. The van der Waals surface area contributed by atoms with Gasteiger partial charge in [0, 0.05) is 32.5 Å². The van der Waals surface area contributed by atoms with Crippen LogP contribution in [0.5, 0.6) is 0 Å². The van der Waals surface area contributed by atoms with Gasteiger partial charge in [0.1, 0.15) is 5.66 Å². The second-order valence-corrected chi connectivity index (χ2v) is 6.93. The number of carbonyl (C=O) groups is 1. The van der Waals surface area contributed by atoms with Crippen molar-refractivity contribution < 1.29 is 4.79 Å². The van der Waals surface area contributed by atoms with E-state index < -0.39 is 0 Å². The number of piperidine rings is 1. The molecule has 1 spiro atoms. The van der Waals surface area contributed by atoms with Crippen molar-refractivity contribution >= 4 is 23.2 Å². The highest BCUT2D eigenvalue weighted by molar-refractivity contribution is 6.34. The number of anilines is 1. The number of nitrogens with zero attached hydrogens (tertiary/aromatic N) is 1. The van der Waals surface area contributed by atoms with Crippen LogP contribution in [0.4, 0.5) is 5.69 Å². The van der Waals surface area contributed by atoms with Crippen LogP contribution in [0.2, 0.25) is 5.02 Å². The van der Waals surface area contributed by atoms with Gasteiger partial charge in [-0.15, -0.1) is 0 Å². The number of benzene rings is 1. The summed E-state index contributed by atoms with van der Waals surface area (Å²) in [7, 11) is 0. The lowest BCUT2D eigenvalue weighted by molar-refractivity contribution is 0.0818. The Morgan fingerprint density at radius 2 is 2.00 bits per heavy atom. The summed E-state index contributed by atoms with van der Waals surface area (Å²) in [5, 5.41) is 7.16. The third kappa shape index (κ3) is 2.87. The zero-order valence-corrected chi connectivity index (χ0v) is 13.3. The van der Waals surface area contributed by atoms with Gasteiger partial charge in [-0.25, -0.2) is 0 Å². The van der Waals surface area contributed by atoms with E-state index in [0.717, 1.165) is 38.2 Å². The van der Waals surface area contributed by atoms with E-state index in [0.29, 0.717) is 16.5 Å². The van der Waals surface area contributed by atoms with Crippen molar-refractivity contribution in [2.45, 2.75) is 32.4 Å². The monoisotopic (exact) mass is 307 g/mol. The second kappa shape index (κ2) is 5.50. The molecule has 0 radical (unpaired) electrons. The number of fused-ring (bicyclic) bond motifs is 1. The van der Waals surface area contributed by atoms with Gasteiger partial charge >= 0.3 is 0 Å². The zero-order valence-electron chi connectivity index (χ0n) is 12.6. The smallest absolute Gasteiger partial charge is 0.256 e. The van der Waals surface area contributed by atoms with Gasteiger partial charge < -0.3 is 15.5 Å². The molecule has 3 rings (SSSR count). The van der Waals surface area contributed by atoms with Crippen LogP contribution in [-0.4, -0.2) is 36.1 Å². The molecule has 0 unspecified atom stereocenters. The first kappa shape index (κ1) is 14.7. The molecule has 0 atom stereocenters. The van der Waals surface area contributed by atoms with Gasteiger partial charge in [0.2, 0.25) is 0 Å². The van der Waals surface area contributed by atoms with Crippen LogP contribution >= 0.6 is 11.6 Å². The van der Waals surface area contributed by atoms with Crippen LogP contribution in [0.1, 0.15) is 37.0 Å². The molecule has 2 heterocycles. The Kier molecular flexibility index (Phi) is 3.84. The molecule has 2 aliphatic rings. The zero-order chi connectivity index (χ0) is 15.0.